The molecule has 1 aliphatic rings. The van der Waals surface area contributed by atoms with Crippen LogP contribution in [0, 0.1) is 12.7 Å². The smallest absolute Gasteiger partial charge is 0.326 e. The SMILES string of the molecule is COC1CC(C(=O)O)N(C(=O)c2ccc(C)cc2F)C1. The molecule has 1 amide bonds. The molecular weight excluding hydrogens is 265 g/mol. The summed E-state index contributed by atoms with van der Waals surface area (Å²) >= 11 is 0. The molecule has 6 heteroatoms. The number of carboxylic acids is 1. The Labute approximate surface area is 116 Å². The number of carboxylic acid groups (broad SMARTS) is 1. The Kier molecular flexibility index (Phi) is 4.04. The fourth-order valence-electron chi connectivity index (χ4n) is 2.38. The molecular formula is C14H16FNO4. The van der Waals surface area contributed by atoms with Gasteiger partial charge in [-0.05, 0) is 24.6 Å². The molecule has 2 rings (SSSR count). The maximum Gasteiger partial charge on any atom is 0.326 e. The van der Waals surface area contributed by atoms with Crippen molar-refractivity contribution in [3.8, 4) is 0 Å². The van der Waals surface area contributed by atoms with Crippen molar-refractivity contribution in [1.29, 1.82) is 0 Å². The van der Waals surface area contributed by atoms with Gasteiger partial charge in [-0.15, -0.1) is 0 Å². The second-order valence-corrected chi connectivity index (χ2v) is 4.89. The number of carbonyl (C=O) groups excluding carboxylic acids is 1. The maximum atomic E-state index is 13.8. The summed E-state index contributed by atoms with van der Waals surface area (Å²) in [5.41, 5.74) is 0.587. The van der Waals surface area contributed by atoms with Crippen LogP contribution in [0.25, 0.3) is 0 Å². The number of nitrogens with zero attached hydrogens (tertiary/aromatic N) is 1. The van der Waals surface area contributed by atoms with Gasteiger partial charge in [0, 0.05) is 20.1 Å². The highest BCUT2D eigenvalue weighted by Crippen LogP contribution is 2.23. The predicted molar refractivity (Wildman–Crippen MR) is 69.0 cm³/mol. The first-order valence-corrected chi connectivity index (χ1v) is 6.26. The van der Waals surface area contributed by atoms with Crippen LogP contribution >= 0.6 is 0 Å². The van der Waals surface area contributed by atoms with Crippen LogP contribution in [0.4, 0.5) is 4.39 Å². The lowest BCUT2D eigenvalue weighted by Gasteiger charge is -2.21. The van der Waals surface area contributed by atoms with E-state index in [0.29, 0.717) is 5.56 Å². The van der Waals surface area contributed by atoms with Gasteiger partial charge in [-0.1, -0.05) is 6.07 Å². The fourth-order valence-corrected chi connectivity index (χ4v) is 2.38. The van der Waals surface area contributed by atoms with Crippen molar-refractivity contribution in [1.82, 2.24) is 4.90 Å². The van der Waals surface area contributed by atoms with E-state index in [-0.39, 0.29) is 24.6 Å². The van der Waals surface area contributed by atoms with Gasteiger partial charge in [-0.3, -0.25) is 4.79 Å². The van der Waals surface area contributed by atoms with Crippen molar-refractivity contribution >= 4 is 11.9 Å². The number of aryl methyl sites for hydroxylation is 1. The van der Waals surface area contributed by atoms with Crippen molar-refractivity contribution in [3.63, 3.8) is 0 Å². The number of likely N-dealkylation sites (tertiary alicyclic amines) is 1. The lowest BCUT2D eigenvalue weighted by molar-refractivity contribution is -0.141. The quantitative estimate of drug-likeness (QED) is 0.910. The summed E-state index contributed by atoms with van der Waals surface area (Å²) < 4.78 is 18.9. The van der Waals surface area contributed by atoms with Gasteiger partial charge in [0.2, 0.25) is 0 Å². The lowest BCUT2D eigenvalue weighted by atomic mass is 10.1. The highest BCUT2D eigenvalue weighted by Gasteiger charge is 2.40. The zero-order valence-electron chi connectivity index (χ0n) is 11.3. The molecule has 1 fully saturated rings. The highest BCUT2D eigenvalue weighted by atomic mass is 19.1. The molecule has 2 atom stereocenters. The first-order chi connectivity index (χ1) is 9.43. The van der Waals surface area contributed by atoms with Crippen LogP contribution in [0.15, 0.2) is 18.2 Å². The van der Waals surface area contributed by atoms with E-state index < -0.39 is 23.7 Å². The largest absolute Gasteiger partial charge is 0.480 e. The number of rotatable bonds is 3. The number of hydrogen-bond acceptors (Lipinski definition) is 3. The van der Waals surface area contributed by atoms with Gasteiger partial charge in [0.05, 0.1) is 11.7 Å². The topological polar surface area (TPSA) is 66.8 Å². The van der Waals surface area contributed by atoms with Crippen molar-refractivity contribution in [3.05, 3.63) is 35.1 Å². The van der Waals surface area contributed by atoms with E-state index in [4.69, 9.17) is 9.84 Å². The summed E-state index contributed by atoms with van der Waals surface area (Å²) in [7, 11) is 1.46. The van der Waals surface area contributed by atoms with Gasteiger partial charge in [0.25, 0.3) is 5.91 Å². The van der Waals surface area contributed by atoms with E-state index in [2.05, 4.69) is 0 Å². The molecule has 0 aromatic heterocycles. The number of aliphatic carboxylic acids is 1. The third-order valence-electron chi connectivity index (χ3n) is 3.50. The number of benzene rings is 1. The van der Waals surface area contributed by atoms with Crippen molar-refractivity contribution in [2.45, 2.75) is 25.5 Å². The average molecular weight is 281 g/mol. The standard InChI is InChI=1S/C14H16FNO4/c1-8-3-4-10(11(15)5-8)13(17)16-7-9(20-2)6-12(16)14(18)19/h3-5,9,12H,6-7H2,1-2H3,(H,18,19). The lowest BCUT2D eigenvalue weighted by Crippen LogP contribution is -2.41. The van der Waals surface area contributed by atoms with Crippen molar-refractivity contribution in [2.24, 2.45) is 0 Å². The average Bonchev–Trinajstić information content (AvgIpc) is 2.82. The van der Waals surface area contributed by atoms with Crippen LogP contribution in [-0.4, -0.2) is 47.7 Å². The molecule has 0 aliphatic carbocycles. The molecule has 5 nitrogen and oxygen atoms in total. The molecule has 0 spiro atoms. The molecule has 0 bridgehead atoms. The second-order valence-electron chi connectivity index (χ2n) is 4.89. The minimum Gasteiger partial charge on any atom is -0.480 e. The van der Waals surface area contributed by atoms with E-state index in [0.717, 1.165) is 4.90 Å². The summed E-state index contributed by atoms with van der Waals surface area (Å²) in [4.78, 5) is 24.7. The summed E-state index contributed by atoms with van der Waals surface area (Å²) in [6.45, 7) is 1.87. The molecule has 1 saturated heterocycles. The van der Waals surface area contributed by atoms with Crippen LogP contribution in [0.5, 0.6) is 0 Å². The Morgan fingerprint density at radius 1 is 1.45 bits per heavy atom. The highest BCUT2D eigenvalue weighted by molar-refractivity contribution is 5.97. The van der Waals surface area contributed by atoms with Gasteiger partial charge in [0.1, 0.15) is 11.9 Å². The van der Waals surface area contributed by atoms with Gasteiger partial charge in [-0.2, -0.15) is 0 Å². The predicted octanol–water partition coefficient (Wildman–Crippen LogP) is 1.45. The van der Waals surface area contributed by atoms with Crippen molar-refractivity contribution in [2.75, 3.05) is 13.7 Å². The number of carbonyl (C=O) groups is 2. The Morgan fingerprint density at radius 3 is 2.70 bits per heavy atom. The molecule has 0 radical (unpaired) electrons. The first-order valence-electron chi connectivity index (χ1n) is 6.26. The van der Waals surface area contributed by atoms with E-state index >= 15 is 0 Å². The Hall–Kier alpha value is -1.95. The molecule has 1 aromatic carbocycles. The number of ether oxygens (including phenoxy) is 1. The summed E-state index contributed by atoms with van der Waals surface area (Å²) in [6, 6.07) is 3.28. The van der Waals surface area contributed by atoms with E-state index in [1.807, 2.05) is 0 Å². The van der Waals surface area contributed by atoms with Crippen molar-refractivity contribution < 1.29 is 23.8 Å². The maximum absolute atomic E-state index is 13.8. The minimum absolute atomic E-state index is 0.112. The Balaban J connectivity index is 2.29. The molecule has 20 heavy (non-hydrogen) atoms. The molecule has 0 saturated carbocycles. The monoisotopic (exact) mass is 281 g/mol. The molecule has 1 aromatic rings. The molecule has 1 heterocycles. The number of methoxy groups -OCH3 is 1. The number of halogens is 1. The summed E-state index contributed by atoms with van der Waals surface area (Å²) in [6.07, 6.45) is -0.126. The second kappa shape index (κ2) is 5.58. The Bertz CT molecular complexity index is 546. The van der Waals surface area contributed by atoms with Crippen LogP contribution in [0.2, 0.25) is 0 Å². The molecule has 108 valence electrons. The van der Waals surface area contributed by atoms with E-state index in [9.17, 15) is 14.0 Å². The third kappa shape index (κ3) is 2.65. The zero-order valence-corrected chi connectivity index (χ0v) is 11.3. The normalized spacial score (nSPS) is 22.1. The zero-order chi connectivity index (χ0) is 14.9. The van der Waals surface area contributed by atoms with Gasteiger partial charge in [0.15, 0.2) is 0 Å². The number of amides is 1. The minimum atomic E-state index is -1.11. The van der Waals surface area contributed by atoms with Gasteiger partial charge < -0.3 is 14.7 Å². The van der Waals surface area contributed by atoms with Gasteiger partial charge in [-0.25, -0.2) is 9.18 Å². The van der Waals surface area contributed by atoms with Crippen LogP contribution < -0.4 is 0 Å². The van der Waals surface area contributed by atoms with Crippen LogP contribution in [-0.2, 0) is 9.53 Å². The molecule has 1 N–H and O–H groups in total. The van der Waals surface area contributed by atoms with Crippen LogP contribution in [0.3, 0.4) is 0 Å². The fraction of sp³-hybridized carbons (Fsp3) is 0.429. The van der Waals surface area contributed by atoms with E-state index in [1.54, 1.807) is 13.0 Å². The van der Waals surface area contributed by atoms with Gasteiger partial charge >= 0.3 is 5.97 Å². The molecule has 1 aliphatic heterocycles. The van der Waals surface area contributed by atoms with Crippen LogP contribution in [0.1, 0.15) is 22.3 Å². The first kappa shape index (κ1) is 14.5. The summed E-state index contributed by atoms with van der Waals surface area (Å²) in [5, 5.41) is 9.16. The van der Waals surface area contributed by atoms with E-state index in [1.165, 1.54) is 19.2 Å². The number of hydrogen-bond donors (Lipinski definition) is 1. The third-order valence-corrected chi connectivity index (χ3v) is 3.50. The summed E-state index contributed by atoms with van der Waals surface area (Å²) in [5.74, 6) is -2.36. The Morgan fingerprint density at radius 2 is 2.15 bits per heavy atom. The molecule has 2 unspecified atom stereocenters.